The van der Waals surface area contributed by atoms with Crippen molar-refractivity contribution in [3.8, 4) is 0 Å². The topological polar surface area (TPSA) is 38.8 Å². The molecule has 1 atom stereocenters. The quantitative estimate of drug-likeness (QED) is 0.839. The predicted octanol–water partition coefficient (Wildman–Crippen LogP) is 2.62. The molecule has 1 saturated heterocycles. The Morgan fingerprint density at radius 3 is 2.55 bits per heavy atom. The molecule has 0 radical (unpaired) electrons. The fraction of sp³-hybridized carbons (Fsp3) is 0.611. The van der Waals surface area contributed by atoms with E-state index < -0.39 is 0 Å². The van der Waals surface area contributed by atoms with Crippen molar-refractivity contribution in [3.05, 3.63) is 35.9 Å². The number of piperidine rings is 1. The van der Waals surface area contributed by atoms with E-state index in [0.717, 1.165) is 31.5 Å². The fourth-order valence-electron chi connectivity index (χ4n) is 3.73. The minimum atomic E-state index is 0.110. The van der Waals surface area contributed by atoms with Gasteiger partial charge in [-0.05, 0) is 31.2 Å². The first-order chi connectivity index (χ1) is 10.7. The van der Waals surface area contributed by atoms with Crippen LogP contribution in [-0.4, -0.2) is 43.7 Å². The van der Waals surface area contributed by atoms with Gasteiger partial charge in [0.15, 0.2) is 0 Å². The maximum absolute atomic E-state index is 12.2. The molecule has 1 aliphatic carbocycles. The Hall–Kier alpha value is -1.39. The van der Waals surface area contributed by atoms with Gasteiger partial charge >= 0.3 is 0 Å². The van der Waals surface area contributed by atoms with E-state index in [1.807, 2.05) is 35.2 Å². The summed E-state index contributed by atoms with van der Waals surface area (Å²) in [4.78, 5) is 14.2. The Morgan fingerprint density at radius 2 is 1.95 bits per heavy atom. The van der Waals surface area contributed by atoms with E-state index in [1.54, 1.807) is 7.11 Å². The van der Waals surface area contributed by atoms with Gasteiger partial charge in [-0.2, -0.15) is 0 Å². The Kier molecular flexibility index (Phi) is 4.79. The molecule has 1 amide bonds. The number of rotatable bonds is 5. The highest BCUT2D eigenvalue weighted by atomic mass is 16.5. The maximum atomic E-state index is 12.2. The zero-order chi connectivity index (χ0) is 15.4. The molecule has 1 aliphatic heterocycles. The van der Waals surface area contributed by atoms with Crippen molar-refractivity contribution in [1.29, 1.82) is 0 Å². The van der Waals surface area contributed by atoms with E-state index in [1.165, 1.54) is 12.8 Å². The van der Waals surface area contributed by atoms with Crippen LogP contribution in [0, 0.1) is 5.41 Å². The zero-order valence-corrected chi connectivity index (χ0v) is 13.3. The number of benzene rings is 1. The van der Waals surface area contributed by atoms with Crippen molar-refractivity contribution in [1.82, 2.24) is 4.90 Å². The normalized spacial score (nSPS) is 23.3. The molecule has 1 unspecified atom stereocenters. The van der Waals surface area contributed by atoms with E-state index in [9.17, 15) is 4.79 Å². The first-order valence-electron chi connectivity index (χ1n) is 8.16. The lowest BCUT2D eigenvalue weighted by Crippen LogP contribution is -2.54. The average molecular weight is 303 g/mol. The largest absolute Gasteiger partial charge is 0.381 e. The molecule has 1 spiro atoms. The van der Waals surface area contributed by atoms with E-state index in [2.05, 4.69) is 0 Å². The van der Waals surface area contributed by atoms with Crippen LogP contribution in [0.15, 0.2) is 30.3 Å². The van der Waals surface area contributed by atoms with E-state index in [4.69, 9.17) is 9.47 Å². The van der Waals surface area contributed by atoms with Crippen molar-refractivity contribution in [2.75, 3.05) is 26.8 Å². The highest BCUT2D eigenvalue weighted by Crippen LogP contribution is 2.50. The molecule has 4 heteroatoms. The summed E-state index contributed by atoms with van der Waals surface area (Å²) >= 11 is 0. The lowest BCUT2D eigenvalue weighted by atomic mass is 9.61. The standard InChI is InChI=1S/C18H25NO3/c1-21-16-7-8-18(16)9-11-19(12-10-18)17(20)14-22-13-15-5-3-2-4-6-15/h2-6,16H,7-14H2,1H3. The smallest absolute Gasteiger partial charge is 0.248 e. The van der Waals surface area contributed by atoms with Gasteiger partial charge in [-0.1, -0.05) is 30.3 Å². The van der Waals surface area contributed by atoms with Gasteiger partial charge in [-0.25, -0.2) is 0 Å². The van der Waals surface area contributed by atoms with Crippen LogP contribution in [0.5, 0.6) is 0 Å². The Labute approximate surface area is 132 Å². The van der Waals surface area contributed by atoms with Gasteiger partial charge in [0.1, 0.15) is 6.61 Å². The zero-order valence-electron chi connectivity index (χ0n) is 13.3. The third kappa shape index (κ3) is 3.18. The van der Waals surface area contributed by atoms with Crippen molar-refractivity contribution in [2.24, 2.45) is 5.41 Å². The van der Waals surface area contributed by atoms with E-state index in [0.29, 0.717) is 18.1 Å². The molecule has 1 aromatic carbocycles. The third-order valence-electron chi connectivity index (χ3n) is 5.32. The summed E-state index contributed by atoms with van der Waals surface area (Å²) < 4.78 is 11.1. The van der Waals surface area contributed by atoms with Crippen molar-refractivity contribution >= 4 is 5.91 Å². The second-order valence-corrected chi connectivity index (χ2v) is 6.48. The second kappa shape index (κ2) is 6.80. The van der Waals surface area contributed by atoms with Gasteiger partial charge in [-0.3, -0.25) is 4.79 Å². The Morgan fingerprint density at radius 1 is 1.23 bits per heavy atom. The fourth-order valence-corrected chi connectivity index (χ4v) is 3.73. The third-order valence-corrected chi connectivity index (χ3v) is 5.32. The lowest BCUT2D eigenvalue weighted by Gasteiger charge is -2.53. The minimum Gasteiger partial charge on any atom is -0.381 e. The van der Waals surface area contributed by atoms with Crippen LogP contribution < -0.4 is 0 Å². The number of hydrogen-bond acceptors (Lipinski definition) is 3. The summed E-state index contributed by atoms with van der Waals surface area (Å²) in [5.74, 6) is 0.110. The number of carbonyl (C=O) groups excluding carboxylic acids is 1. The molecule has 1 heterocycles. The first-order valence-corrected chi connectivity index (χ1v) is 8.16. The van der Waals surface area contributed by atoms with Crippen LogP contribution in [0.25, 0.3) is 0 Å². The van der Waals surface area contributed by atoms with Crippen LogP contribution in [0.2, 0.25) is 0 Å². The molecule has 3 rings (SSSR count). The summed E-state index contributed by atoms with van der Waals surface area (Å²) in [6, 6.07) is 9.96. The molecule has 0 N–H and O–H groups in total. The van der Waals surface area contributed by atoms with Crippen LogP contribution in [0.3, 0.4) is 0 Å². The van der Waals surface area contributed by atoms with Gasteiger partial charge < -0.3 is 14.4 Å². The molecule has 120 valence electrons. The van der Waals surface area contributed by atoms with Gasteiger partial charge in [-0.15, -0.1) is 0 Å². The molecule has 4 nitrogen and oxygen atoms in total. The number of nitrogens with zero attached hydrogens (tertiary/aromatic N) is 1. The van der Waals surface area contributed by atoms with Gasteiger partial charge in [0.2, 0.25) is 5.91 Å². The first kappa shape index (κ1) is 15.5. The molecule has 1 saturated carbocycles. The SMILES string of the molecule is COC1CCC12CCN(C(=O)COCc1ccccc1)CC2. The van der Waals surface area contributed by atoms with E-state index in [-0.39, 0.29) is 12.5 Å². The van der Waals surface area contributed by atoms with Crippen molar-refractivity contribution in [3.63, 3.8) is 0 Å². The summed E-state index contributed by atoms with van der Waals surface area (Å²) in [5.41, 5.74) is 1.45. The monoisotopic (exact) mass is 303 g/mol. The molecular weight excluding hydrogens is 278 g/mol. The molecule has 22 heavy (non-hydrogen) atoms. The Balaban J connectivity index is 1.41. The van der Waals surface area contributed by atoms with Crippen molar-refractivity contribution < 1.29 is 14.3 Å². The van der Waals surface area contributed by atoms with Crippen LogP contribution in [0.1, 0.15) is 31.2 Å². The summed E-state index contributed by atoms with van der Waals surface area (Å²) in [6.07, 6.45) is 4.95. The van der Waals surface area contributed by atoms with Gasteiger partial charge in [0.05, 0.1) is 12.7 Å². The van der Waals surface area contributed by atoms with E-state index >= 15 is 0 Å². The summed E-state index contributed by atoms with van der Waals surface area (Å²) in [7, 11) is 1.81. The van der Waals surface area contributed by atoms with Crippen molar-refractivity contribution in [2.45, 2.75) is 38.4 Å². The molecule has 2 fully saturated rings. The van der Waals surface area contributed by atoms with Crippen LogP contribution in [0.4, 0.5) is 0 Å². The van der Waals surface area contributed by atoms with Crippen LogP contribution in [-0.2, 0) is 20.9 Å². The Bertz CT molecular complexity index is 492. The average Bonchev–Trinajstić information content (AvgIpc) is 2.55. The minimum absolute atomic E-state index is 0.110. The summed E-state index contributed by atoms with van der Waals surface area (Å²) in [6.45, 7) is 2.35. The highest BCUT2D eigenvalue weighted by molar-refractivity contribution is 5.77. The highest BCUT2D eigenvalue weighted by Gasteiger charge is 2.48. The number of amides is 1. The maximum Gasteiger partial charge on any atom is 0.248 e. The van der Waals surface area contributed by atoms with Gasteiger partial charge in [0.25, 0.3) is 0 Å². The second-order valence-electron chi connectivity index (χ2n) is 6.48. The predicted molar refractivity (Wildman–Crippen MR) is 84.4 cm³/mol. The molecular formula is C18H25NO3. The summed E-state index contributed by atoms with van der Waals surface area (Å²) in [5, 5.41) is 0. The number of ether oxygens (including phenoxy) is 2. The van der Waals surface area contributed by atoms with Gasteiger partial charge in [0, 0.05) is 25.6 Å². The number of likely N-dealkylation sites (tertiary alicyclic amines) is 1. The molecule has 2 aliphatic rings. The molecule has 0 bridgehead atoms. The molecule has 0 aromatic heterocycles. The molecule has 1 aromatic rings. The lowest BCUT2D eigenvalue weighted by molar-refractivity contribution is -0.149. The number of methoxy groups -OCH3 is 1. The van der Waals surface area contributed by atoms with Crippen LogP contribution >= 0.6 is 0 Å². The number of carbonyl (C=O) groups is 1. The number of hydrogen-bond donors (Lipinski definition) is 0.